The molecular weight excluding hydrogens is 264 g/mol. The molecule has 1 heterocycles. The van der Waals surface area contributed by atoms with E-state index in [9.17, 15) is 4.79 Å². The van der Waals surface area contributed by atoms with E-state index in [4.69, 9.17) is 17.0 Å². The van der Waals surface area contributed by atoms with Crippen LogP contribution in [0.15, 0.2) is 0 Å². The van der Waals surface area contributed by atoms with Gasteiger partial charge in [-0.15, -0.1) is 0 Å². The lowest BCUT2D eigenvalue weighted by Crippen LogP contribution is -2.56. The summed E-state index contributed by atoms with van der Waals surface area (Å²) in [5.74, 6) is 0. The Bertz CT molecular complexity index is 322. The molecule has 0 aliphatic carbocycles. The van der Waals surface area contributed by atoms with Gasteiger partial charge in [-0.1, -0.05) is 0 Å². The first-order chi connectivity index (χ1) is 8.81. The minimum absolute atomic E-state index is 0.249. The van der Waals surface area contributed by atoms with E-state index < -0.39 is 5.60 Å². The van der Waals surface area contributed by atoms with Crippen LogP contribution >= 0.6 is 12.2 Å². The zero-order chi connectivity index (χ0) is 14.5. The summed E-state index contributed by atoms with van der Waals surface area (Å²) >= 11 is 5.12. The average Bonchev–Trinajstić information content (AvgIpc) is 2.27. The number of nitrogens with zero attached hydrogens (tertiary/aromatic N) is 2. The molecule has 0 aromatic carbocycles. The van der Waals surface area contributed by atoms with E-state index in [1.165, 1.54) is 0 Å². The molecule has 1 amide bonds. The number of rotatable bonds is 2. The minimum atomic E-state index is -0.445. The number of nitrogens with one attached hydrogen (secondary N) is 2. The highest BCUT2D eigenvalue weighted by molar-refractivity contribution is 7.80. The predicted octanol–water partition coefficient (Wildman–Crippen LogP) is 0.938. The number of carbonyl (C=O) groups is 1. The van der Waals surface area contributed by atoms with E-state index >= 15 is 0 Å². The number of hydrazine groups is 1. The van der Waals surface area contributed by atoms with Gasteiger partial charge < -0.3 is 15.0 Å². The molecule has 6 nitrogen and oxygen atoms in total. The maximum atomic E-state index is 11.9. The van der Waals surface area contributed by atoms with Gasteiger partial charge in [-0.2, -0.15) is 0 Å². The van der Waals surface area contributed by atoms with Crippen LogP contribution < -0.4 is 10.7 Å². The third-order valence-corrected chi connectivity index (χ3v) is 2.76. The summed E-state index contributed by atoms with van der Waals surface area (Å²) in [6.07, 6.45) is -0.249. The van der Waals surface area contributed by atoms with Gasteiger partial charge in [-0.05, 0) is 39.9 Å². The molecule has 110 valence electrons. The molecule has 0 aromatic rings. The first-order valence-electron chi connectivity index (χ1n) is 6.59. The molecule has 1 saturated heterocycles. The van der Waals surface area contributed by atoms with Crippen LogP contribution in [0.2, 0.25) is 0 Å². The Hall–Kier alpha value is -1.08. The lowest BCUT2D eigenvalue weighted by Gasteiger charge is -2.35. The van der Waals surface area contributed by atoms with Gasteiger partial charge in [0.15, 0.2) is 5.11 Å². The minimum Gasteiger partial charge on any atom is -0.444 e. The summed E-state index contributed by atoms with van der Waals surface area (Å²) in [6, 6.07) is 0. The highest BCUT2D eigenvalue weighted by Crippen LogP contribution is 2.11. The van der Waals surface area contributed by atoms with Gasteiger partial charge in [-0.3, -0.25) is 5.43 Å². The second kappa shape index (κ2) is 6.91. The predicted molar refractivity (Wildman–Crippen MR) is 78.8 cm³/mol. The van der Waals surface area contributed by atoms with Crippen molar-refractivity contribution in [2.45, 2.75) is 33.3 Å². The fourth-order valence-corrected chi connectivity index (χ4v) is 1.94. The largest absolute Gasteiger partial charge is 0.444 e. The highest BCUT2D eigenvalue weighted by atomic mass is 32.1. The zero-order valence-electron chi connectivity index (χ0n) is 12.2. The molecule has 0 radical (unpaired) electrons. The van der Waals surface area contributed by atoms with Crippen molar-refractivity contribution < 1.29 is 9.53 Å². The molecule has 0 atom stereocenters. The highest BCUT2D eigenvalue weighted by Gasteiger charge is 2.25. The summed E-state index contributed by atoms with van der Waals surface area (Å²) in [6.45, 7) is 11.1. The molecule has 19 heavy (non-hydrogen) atoms. The van der Waals surface area contributed by atoms with Gasteiger partial charge in [-0.25, -0.2) is 9.80 Å². The first kappa shape index (κ1) is 16.0. The maximum absolute atomic E-state index is 11.9. The van der Waals surface area contributed by atoms with Gasteiger partial charge in [0, 0.05) is 32.7 Å². The molecule has 0 saturated carbocycles. The van der Waals surface area contributed by atoms with E-state index in [2.05, 4.69) is 10.7 Å². The fourth-order valence-electron chi connectivity index (χ4n) is 1.67. The maximum Gasteiger partial charge on any atom is 0.410 e. The molecule has 2 N–H and O–H groups in total. The summed E-state index contributed by atoms with van der Waals surface area (Å²) in [4.78, 5) is 13.6. The number of piperazine rings is 1. The molecule has 1 fully saturated rings. The number of carbonyl (C=O) groups excluding carboxylic acids is 1. The van der Waals surface area contributed by atoms with Crippen LogP contribution in [0.25, 0.3) is 0 Å². The fraction of sp³-hybridized carbons (Fsp3) is 0.833. The first-order valence-corrected chi connectivity index (χ1v) is 7.00. The Labute approximate surface area is 120 Å². The summed E-state index contributed by atoms with van der Waals surface area (Å²) < 4.78 is 5.34. The van der Waals surface area contributed by atoms with Crippen molar-refractivity contribution in [2.24, 2.45) is 0 Å². The van der Waals surface area contributed by atoms with E-state index in [0.717, 1.165) is 19.6 Å². The third kappa shape index (κ3) is 6.07. The summed E-state index contributed by atoms with van der Waals surface area (Å²) in [5, 5.41) is 5.66. The molecular formula is C12H24N4O2S. The Morgan fingerprint density at radius 1 is 1.26 bits per heavy atom. The van der Waals surface area contributed by atoms with Crippen molar-refractivity contribution in [3.8, 4) is 0 Å². The van der Waals surface area contributed by atoms with Gasteiger partial charge in [0.2, 0.25) is 0 Å². The van der Waals surface area contributed by atoms with Crippen LogP contribution in [0.3, 0.4) is 0 Å². The van der Waals surface area contributed by atoms with Crippen LogP contribution in [0, 0.1) is 0 Å². The van der Waals surface area contributed by atoms with E-state index in [-0.39, 0.29) is 6.09 Å². The molecule has 1 rings (SSSR count). The number of amides is 1. The lowest BCUT2D eigenvalue weighted by molar-refractivity contribution is 0.0121. The number of hydrogen-bond acceptors (Lipinski definition) is 4. The van der Waals surface area contributed by atoms with Crippen LogP contribution in [0.1, 0.15) is 27.7 Å². The lowest BCUT2D eigenvalue weighted by atomic mass is 10.2. The zero-order valence-corrected chi connectivity index (χ0v) is 13.0. The third-order valence-electron chi connectivity index (χ3n) is 2.53. The second-order valence-corrected chi connectivity index (χ2v) is 5.83. The number of thiocarbonyl (C=S) groups is 1. The van der Waals surface area contributed by atoms with Crippen LogP contribution in [0.5, 0.6) is 0 Å². The Morgan fingerprint density at radius 3 is 2.32 bits per heavy atom. The SMILES string of the molecule is CCNC(=S)NN1CCN(C(=O)OC(C)(C)C)CC1. The van der Waals surface area contributed by atoms with Crippen molar-refractivity contribution in [2.75, 3.05) is 32.7 Å². The Kier molecular flexibility index (Phi) is 5.81. The van der Waals surface area contributed by atoms with Crippen molar-refractivity contribution in [3.63, 3.8) is 0 Å². The van der Waals surface area contributed by atoms with Crippen LogP contribution in [0.4, 0.5) is 4.79 Å². The van der Waals surface area contributed by atoms with Crippen molar-refractivity contribution in [3.05, 3.63) is 0 Å². The van der Waals surface area contributed by atoms with Gasteiger partial charge >= 0.3 is 6.09 Å². The van der Waals surface area contributed by atoms with Crippen molar-refractivity contribution in [1.29, 1.82) is 0 Å². The molecule has 0 bridgehead atoms. The Balaban J connectivity index is 2.32. The smallest absolute Gasteiger partial charge is 0.410 e. The number of hydrogen-bond donors (Lipinski definition) is 2. The Morgan fingerprint density at radius 2 is 1.84 bits per heavy atom. The standard InChI is InChI=1S/C12H24N4O2S/c1-5-13-10(19)14-16-8-6-15(7-9-16)11(17)18-12(2,3)4/h5-9H2,1-4H3,(H2,13,14,19). The van der Waals surface area contributed by atoms with Gasteiger partial charge in [0.05, 0.1) is 0 Å². The second-order valence-electron chi connectivity index (χ2n) is 5.43. The molecule has 1 aliphatic heterocycles. The molecule has 0 unspecified atom stereocenters. The quantitative estimate of drug-likeness (QED) is 0.738. The molecule has 7 heteroatoms. The topological polar surface area (TPSA) is 56.8 Å². The van der Waals surface area contributed by atoms with Gasteiger partial charge in [0.1, 0.15) is 5.60 Å². The summed E-state index contributed by atoms with van der Waals surface area (Å²) in [5.41, 5.74) is 2.66. The van der Waals surface area contributed by atoms with Gasteiger partial charge in [0.25, 0.3) is 0 Å². The van der Waals surface area contributed by atoms with E-state index in [1.54, 1.807) is 4.90 Å². The molecule has 0 aromatic heterocycles. The van der Waals surface area contributed by atoms with Crippen LogP contribution in [-0.4, -0.2) is 59.4 Å². The van der Waals surface area contributed by atoms with Crippen molar-refractivity contribution >= 4 is 23.4 Å². The van der Waals surface area contributed by atoms with Crippen molar-refractivity contribution in [1.82, 2.24) is 20.7 Å². The normalized spacial score (nSPS) is 16.9. The number of ether oxygens (including phenoxy) is 1. The average molecular weight is 288 g/mol. The molecule has 1 aliphatic rings. The summed E-state index contributed by atoms with van der Waals surface area (Å²) in [7, 11) is 0. The van der Waals surface area contributed by atoms with E-state index in [0.29, 0.717) is 18.2 Å². The monoisotopic (exact) mass is 288 g/mol. The molecule has 0 spiro atoms. The van der Waals surface area contributed by atoms with E-state index in [1.807, 2.05) is 32.7 Å². The van der Waals surface area contributed by atoms with Crippen LogP contribution in [-0.2, 0) is 4.74 Å².